The molecule has 3 atom stereocenters. The highest BCUT2D eigenvalue weighted by atomic mass is 79.9. The Morgan fingerprint density at radius 1 is 1.33 bits per heavy atom. The fourth-order valence-electron chi connectivity index (χ4n) is 3.20. The minimum Gasteiger partial charge on any atom is -0.329 e. The monoisotopic (exact) mass is 310 g/mol. The molecule has 0 aliphatic carbocycles. The number of nitrogens with zero attached hydrogens (tertiary/aromatic N) is 1. The molecule has 0 saturated carbocycles. The predicted octanol–water partition coefficient (Wildman–Crippen LogP) is 3.71. The van der Waals surface area contributed by atoms with Crippen LogP contribution in [0.5, 0.6) is 0 Å². The summed E-state index contributed by atoms with van der Waals surface area (Å²) >= 11 is 3.55. The number of hydrogen-bond acceptors (Lipinski definition) is 2. The highest BCUT2D eigenvalue weighted by Crippen LogP contribution is 2.32. The lowest BCUT2D eigenvalue weighted by Crippen LogP contribution is -2.48. The van der Waals surface area contributed by atoms with Gasteiger partial charge in [-0.15, -0.1) is 0 Å². The molecule has 3 heteroatoms. The van der Waals surface area contributed by atoms with Gasteiger partial charge in [-0.1, -0.05) is 34.5 Å². The molecule has 0 aromatic heterocycles. The van der Waals surface area contributed by atoms with E-state index in [1.165, 1.54) is 24.8 Å². The van der Waals surface area contributed by atoms with E-state index in [-0.39, 0.29) is 0 Å². The molecule has 0 bridgehead atoms. The maximum absolute atomic E-state index is 6.05. The summed E-state index contributed by atoms with van der Waals surface area (Å²) in [4.78, 5) is 2.60. The predicted molar refractivity (Wildman–Crippen MR) is 80.6 cm³/mol. The van der Waals surface area contributed by atoms with E-state index in [9.17, 15) is 0 Å². The van der Waals surface area contributed by atoms with Gasteiger partial charge >= 0.3 is 0 Å². The molecule has 2 N–H and O–H groups in total. The first kappa shape index (κ1) is 14.0. The molecule has 2 rings (SSSR count). The summed E-state index contributed by atoms with van der Waals surface area (Å²) in [6, 6.07) is 10.2. The third kappa shape index (κ3) is 2.95. The first-order valence-corrected chi connectivity index (χ1v) is 7.65. The minimum absolute atomic E-state index is 0.341. The van der Waals surface area contributed by atoms with Gasteiger partial charge in [0.1, 0.15) is 0 Å². The van der Waals surface area contributed by atoms with Crippen LogP contribution in [0.1, 0.15) is 44.7 Å². The van der Waals surface area contributed by atoms with Gasteiger partial charge < -0.3 is 5.73 Å². The maximum atomic E-state index is 6.05. The molecule has 0 amide bonds. The summed E-state index contributed by atoms with van der Waals surface area (Å²) in [7, 11) is 0. The number of likely N-dealkylation sites (tertiary alicyclic amines) is 1. The van der Waals surface area contributed by atoms with Crippen LogP contribution in [0.2, 0.25) is 0 Å². The zero-order chi connectivity index (χ0) is 13.1. The van der Waals surface area contributed by atoms with Crippen molar-refractivity contribution >= 4 is 15.9 Å². The molecule has 1 saturated heterocycles. The summed E-state index contributed by atoms with van der Waals surface area (Å²) < 4.78 is 1.13. The Bertz CT molecular complexity index is 384. The Balaban J connectivity index is 2.26. The van der Waals surface area contributed by atoms with Crippen molar-refractivity contribution in [1.29, 1.82) is 0 Å². The standard InChI is InChI=1S/C15H23BrN2/c1-11-5-3-6-12(2)18(11)15(10-17)13-7-4-8-14(16)9-13/h4,7-9,11-12,15H,3,5-6,10,17H2,1-2H3. The van der Waals surface area contributed by atoms with Crippen molar-refractivity contribution in [1.82, 2.24) is 4.90 Å². The molecule has 1 aliphatic heterocycles. The van der Waals surface area contributed by atoms with E-state index >= 15 is 0 Å². The second kappa shape index (κ2) is 6.18. The lowest BCUT2D eigenvalue weighted by atomic mass is 9.92. The Morgan fingerprint density at radius 2 is 2.00 bits per heavy atom. The average Bonchev–Trinajstić information content (AvgIpc) is 2.34. The number of hydrogen-bond donors (Lipinski definition) is 1. The molecule has 1 aliphatic rings. The Morgan fingerprint density at radius 3 is 2.56 bits per heavy atom. The van der Waals surface area contributed by atoms with E-state index < -0.39 is 0 Å². The van der Waals surface area contributed by atoms with Crippen LogP contribution in [0.4, 0.5) is 0 Å². The summed E-state index contributed by atoms with van der Waals surface area (Å²) in [6.45, 7) is 5.34. The van der Waals surface area contributed by atoms with E-state index in [1.807, 2.05) is 0 Å². The van der Waals surface area contributed by atoms with Crippen molar-refractivity contribution < 1.29 is 0 Å². The lowest BCUT2D eigenvalue weighted by Gasteiger charge is -2.44. The van der Waals surface area contributed by atoms with Gasteiger partial charge in [0.2, 0.25) is 0 Å². The molecule has 1 aromatic rings. The lowest BCUT2D eigenvalue weighted by molar-refractivity contribution is 0.0577. The van der Waals surface area contributed by atoms with Gasteiger partial charge in [-0.2, -0.15) is 0 Å². The van der Waals surface area contributed by atoms with E-state index in [4.69, 9.17) is 5.73 Å². The van der Waals surface area contributed by atoms with Crippen molar-refractivity contribution in [3.05, 3.63) is 34.3 Å². The minimum atomic E-state index is 0.341. The van der Waals surface area contributed by atoms with Crippen molar-refractivity contribution in [3.63, 3.8) is 0 Å². The SMILES string of the molecule is CC1CCCC(C)N1C(CN)c1cccc(Br)c1. The van der Waals surface area contributed by atoms with Gasteiger partial charge in [-0.3, -0.25) is 4.90 Å². The maximum Gasteiger partial charge on any atom is 0.0476 e. The molecule has 0 spiro atoms. The van der Waals surface area contributed by atoms with Gasteiger partial charge in [-0.05, 0) is 44.4 Å². The van der Waals surface area contributed by atoms with Crippen molar-refractivity contribution in [3.8, 4) is 0 Å². The molecule has 18 heavy (non-hydrogen) atoms. The summed E-state index contributed by atoms with van der Waals surface area (Å²) in [6.07, 6.45) is 3.91. The Kier molecular flexibility index (Phi) is 4.82. The molecular formula is C15H23BrN2. The smallest absolute Gasteiger partial charge is 0.0476 e. The number of piperidine rings is 1. The third-order valence-electron chi connectivity index (χ3n) is 4.08. The summed E-state index contributed by atoms with van der Waals surface area (Å²) in [5.74, 6) is 0. The molecule has 3 unspecified atom stereocenters. The highest BCUT2D eigenvalue weighted by Gasteiger charge is 2.31. The van der Waals surface area contributed by atoms with Crippen LogP contribution in [-0.4, -0.2) is 23.5 Å². The molecule has 2 nitrogen and oxygen atoms in total. The third-order valence-corrected chi connectivity index (χ3v) is 4.57. The van der Waals surface area contributed by atoms with E-state index in [2.05, 4.69) is 58.9 Å². The zero-order valence-electron chi connectivity index (χ0n) is 11.3. The van der Waals surface area contributed by atoms with Crippen LogP contribution in [0.25, 0.3) is 0 Å². The van der Waals surface area contributed by atoms with Crippen LogP contribution in [0.15, 0.2) is 28.7 Å². The van der Waals surface area contributed by atoms with Gasteiger partial charge in [0.05, 0.1) is 0 Å². The molecule has 1 heterocycles. The number of nitrogens with two attached hydrogens (primary N) is 1. The van der Waals surface area contributed by atoms with Crippen LogP contribution >= 0.6 is 15.9 Å². The van der Waals surface area contributed by atoms with Crippen molar-refractivity contribution in [2.45, 2.75) is 51.2 Å². The van der Waals surface area contributed by atoms with Gasteiger partial charge in [-0.25, -0.2) is 0 Å². The largest absolute Gasteiger partial charge is 0.329 e. The molecule has 0 radical (unpaired) electrons. The Labute approximate surface area is 119 Å². The van der Waals surface area contributed by atoms with Crippen molar-refractivity contribution in [2.24, 2.45) is 5.73 Å². The highest BCUT2D eigenvalue weighted by molar-refractivity contribution is 9.10. The van der Waals surface area contributed by atoms with Crippen LogP contribution < -0.4 is 5.73 Å². The molecule has 1 aromatic carbocycles. The van der Waals surface area contributed by atoms with Gasteiger partial charge in [0.15, 0.2) is 0 Å². The second-order valence-corrected chi connectivity index (χ2v) is 6.30. The number of halogens is 1. The van der Waals surface area contributed by atoms with Crippen LogP contribution in [0, 0.1) is 0 Å². The molecular weight excluding hydrogens is 288 g/mol. The summed E-state index contributed by atoms with van der Waals surface area (Å²) in [5.41, 5.74) is 7.38. The first-order chi connectivity index (χ1) is 8.63. The Hall–Kier alpha value is -0.380. The van der Waals surface area contributed by atoms with E-state index in [0.717, 1.165) is 4.47 Å². The summed E-state index contributed by atoms with van der Waals surface area (Å²) in [5, 5.41) is 0. The topological polar surface area (TPSA) is 29.3 Å². The fourth-order valence-corrected chi connectivity index (χ4v) is 3.62. The van der Waals surface area contributed by atoms with E-state index in [0.29, 0.717) is 24.7 Å². The van der Waals surface area contributed by atoms with Gasteiger partial charge in [0, 0.05) is 29.1 Å². The van der Waals surface area contributed by atoms with E-state index in [1.54, 1.807) is 0 Å². The number of benzene rings is 1. The molecule has 100 valence electrons. The van der Waals surface area contributed by atoms with Gasteiger partial charge in [0.25, 0.3) is 0 Å². The van der Waals surface area contributed by atoms with Crippen LogP contribution in [-0.2, 0) is 0 Å². The van der Waals surface area contributed by atoms with Crippen molar-refractivity contribution in [2.75, 3.05) is 6.54 Å². The molecule has 1 fully saturated rings. The second-order valence-electron chi connectivity index (χ2n) is 5.38. The number of rotatable bonds is 3. The normalized spacial score (nSPS) is 27.1. The quantitative estimate of drug-likeness (QED) is 0.922. The first-order valence-electron chi connectivity index (χ1n) is 6.86. The average molecular weight is 311 g/mol. The fraction of sp³-hybridized carbons (Fsp3) is 0.600. The van der Waals surface area contributed by atoms with Crippen LogP contribution in [0.3, 0.4) is 0 Å². The zero-order valence-corrected chi connectivity index (χ0v) is 12.9.